The summed E-state index contributed by atoms with van der Waals surface area (Å²) in [5, 5.41) is 3.17. The number of anilines is 2. The van der Waals surface area contributed by atoms with E-state index in [-0.39, 0.29) is 17.9 Å². The van der Waals surface area contributed by atoms with Crippen molar-refractivity contribution >= 4 is 29.3 Å². The number of hydrogen-bond acceptors (Lipinski definition) is 5. The molecule has 1 aromatic rings. The van der Waals surface area contributed by atoms with Gasteiger partial charge in [-0.1, -0.05) is 11.6 Å². The van der Waals surface area contributed by atoms with Crippen LogP contribution in [0.5, 0.6) is 0 Å². The number of aromatic nitrogens is 2. The van der Waals surface area contributed by atoms with Crippen LogP contribution >= 0.6 is 11.6 Å². The van der Waals surface area contributed by atoms with Crippen LogP contribution in [0, 0.1) is 0 Å². The summed E-state index contributed by atoms with van der Waals surface area (Å²) in [7, 11) is 0. The summed E-state index contributed by atoms with van der Waals surface area (Å²) in [6.07, 6.45) is 1.44. The van der Waals surface area contributed by atoms with Crippen molar-refractivity contribution in [1.82, 2.24) is 15.3 Å². The number of nitrogens with two attached hydrogens (primary N) is 1. The Morgan fingerprint density at radius 2 is 2.44 bits per heavy atom. The minimum absolute atomic E-state index is 0.0421. The second-order valence-corrected chi connectivity index (χ2v) is 3.97. The Morgan fingerprint density at radius 3 is 3.19 bits per heavy atom. The Morgan fingerprint density at radius 1 is 1.69 bits per heavy atom. The third kappa shape index (κ3) is 1.88. The van der Waals surface area contributed by atoms with Crippen LogP contribution in [0.3, 0.4) is 0 Å². The van der Waals surface area contributed by atoms with E-state index in [4.69, 9.17) is 17.3 Å². The number of nitrogens with zero attached hydrogens (tertiary/aromatic N) is 3. The molecule has 86 valence electrons. The van der Waals surface area contributed by atoms with Gasteiger partial charge in [0, 0.05) is 13.1 Å². The highest BCUT2D eigenvalue weighted by molar-refractivity contribution is 6.32. The van der Waals surface area contributed by atoms with Crippen LogP contribution in [-0.4, -0.2) is 35.0 Å². The van der Waals surface area contributed by atoms with Crippen LogP contribution < -0.4 is 16.0 Å². The maximum Gasteiger partial charge on any atom is 0.242 e. The second-order valence-electron chi connectivity index (χ2n) is 3.56. The van der Waals surface area contributed by atoms with Gasteiger partial charge in [0.2, 0.25) is 11.9 Å². The Kier molecular flexibility index (Phi) is 2.82. The zero-order valence-corrected chi connectivity index (χ0v) is 9.53. The van der Waals surface area contributed by atoms with Crippen LogP contribution in [0.1, 0.15) is 6.92 Å². The summed E-state index contributed by atoms with van der Waals surface area (Å²) in [4.78, 5) is 21.2. The van der Waals surface area contributed by atoms with E-state index in [1.165, 1.54) is 6.20 Å². The highest BCUT2D eigenvalue weighted by Crippen LogP contribution is 2.25. The quantitative estimate of drug-likeness (QED) is 0.725. The van der Waals surface area contributed by atoms with E-state index in [9.17, 15) is 4.79 Å². The summed E-state index contributed by atoms with van der Waals surface area (Å²) >= 11 is 5.99. The Hall–Kier alpha value is -1.56. The van der Waals surface area contributed by atoms with Crippen molar-refractivity contribution in [3.05, 3.63) is 11.2 Å². The zero-order chi connectivity index (χ0) is 11.7. The maximum absolute atomic E-state index is 11.5. The normalized spacial score (nSPS) is 20.8. The zero-order valence-electron chi connectivity index (χ0n) is 8.77. The molecule has 1 atom stereocenters. The number of hydrogen-bond donors (Lipinski definition) is 2. The fraction of sp³-hybridized carbons (Fsp3) is 0.444. The first-order chi connectivity index (χ1) is 7.59. The number of halogens is 1. The molecule has 2 rings (SSSR count). The molecule has 1 unspecified atom stereocenters. The van der Waals surface area contributed by atoms with Crippen molar-refractivity contribution in [3.8, 4) is 0 Å². The molecule has 0 aromatic carbocycles. The Bertz CT molecular complexity index is 424. The molecule has 0 aliphatic carbocycles. The Balaban J connectivity index is 2.35. The van der Waals surface area contributed by atoms with Gasteiger partial charge in [0.05, 0.1) is 6.20 Å². The van der Waals surface area contributed by atoms with Gasteiger partial charge in [-0.2, -0.15) is 4.98 Å². The van der Waals surface area contributed by atoms with Crippen LogP contribution in [0.2, 0.25) is 5.02 Å². The molecule has 0 spiro atoms. The lowest BCUT2D eigenvalue weighted by Gasteiger charge is -2.34. The molecule has 2 heterocycles. The molecule has 1 aliphatic heterocycles. The van der Waals surface area contributed by atoms with E-state index >= 15 is 0 Å². The average molecular weight is 242 g/mol. The van der Waals surface area contributed by atoms with Gasteiger partial charge in [-0.25, -0.2) is 4.98 Å². The minimum Gasteiger partial charge on any atom is -0.368 e. The van der Waals surface area contributed by atoms with Crippen LogP contribution in [-0.2, 0) is 4.79 Å². The molecular formula is C9H12ClN5O. The van der Waals surface area contributed by atoms with E-state index in [1.807, 2.05) is 4.90 Å². The molecule has 1 aliphatic rings. The van der Waals surface area contributed by atoms with Crippen molar-refractivity contribution in [2.75, 3.05) is 23.7 Å². The van der Waals surface area contributed by atoms with Gasteiger partial charge in [0.1, 0.15) is 11.1 Å². The van der Waals surface area contributed by atoms with E-state index in [1.54, 1.807) is 6.92 Å². The Labute approximate surface area is 97.8 Å². The lowest BCUT2D eigenvalue weighted by molar-refractivity contribution is -0.122. The molecule has 1 saturated heterocycles. The van der Waals surface area contributed by atoms with Crippen LogP contribution in [0.25, 0.3) is 0 Å². The van der Waals surface area contributed by atoms with Crippen LogP contribution in [0.4, 0.5) is 11.8 Å². The number of carbonyl (C=O) groups is 1. The van der Waals surface area contributed by atoms with Crippen LogP contribution in [0.15, 0.2) is 6.20 Å². The largest absolute Gasteiger partial charge is 0.368 e. The lowest BCUT2D eigenvalue weighted by Crippen LogP contribution is -2.54. The van der Waals surface area contributed by atoms with Gasteiger partial charge < -0.3 is 16.0 Å². The SMILES string of the molecule is CC1C(=O)NCCN1c1nc(N)ncc1Cl. The van der Waals surface area contributed by atoms with Gasteiger partial charge in [-0.15, -0.1) is 0 Å². The summed E-state index contributed by atoms with van der Waals surface area (Å²) in [6.45, 7) is 3.02. The summed E-state index contributed by atoms with van der Waals surface area (Å²) in [5.41, 5.74) is 5.51. The molecule has 0 bridgehead atoms. The average Bonchev–Trinajstić information content (AvgIpc) is 2.26. The number of rotatable bonds is 1. The van der Waals surface area contributed by atoms with Gasteiger partial charge >= 0.3 is 0 Å². The molecule has 0 saturated carbocycles. The number of piperazine rings is 1. The molecule has 1 fully saturated rings. The van der Waals surface area contributed by atoms with E-state index in [0.29, 0.717) is 23.9 Å². The van der Waals surface area contributed by atoms with Gasteiger partial charge in [0.15, 0.2) is 5.82 Å². The molecule has 16 heavy (non-hydrogen) atoms. The summed E-state index contributed by atoms with van der Waals surface area (Å²) < 4.78 is 0. The first-order valence-corrected chi connectivity index (χ1v) is 5.30. The number of carbonyl (C=O) groups excluding carboxylic acids is 1. The molecular weight excluding hydrogens is 230 g/mol. The minimum atomic E-state index is -0.305. The third-order valence-corrected chi connectivity index (χ3v) is 2.78. The highest BCUT2D eigenvalue weighted by atomic mass is 35.5. The number of nitrogens with one attached hydrogen (secondary N) is 1. The first-order valence-electron chi connectivity index (χ1n) is 4.92. The molecule has 3 N–H and O–H groups in total. The standard InChI is InChI=1S/C9H12ClN5O/c1-5-8(16)12-2-3-15(5)7-6(10)4-13-9(11)14-7/h4-5H,2-3H2,1H3,(H,12,16)(H2,11,13,14). The van der Waals surface area contributed by atoms with E-state index in [2.05, 4.69) is 15.3 Å². The van der Waals surface area contributed by atoms with Crippen molar-refractivity contribution in [3.63, 3.8) is 0 Å². The third-order valence-electron chi connectivity index (χ3n) is 2.52. The molecule has 1 amide bonds. The van der Waals surface area contributed by atoms with E-state index in [0.717, 1.165) is 0 Å². The van der Waals surface area contributed by atoms with Crippen molar-refractivity contribution in [2.24, 2.45) is 0 Å². The predicted molar refractivity (Wildman–Crippen MR) is 61.3 cm³/mol. The maximum atomic E-state index is 11.5. The molecule has 1 aromatic heterocycles. The topological polar surface area (TPSA) is 84.1 Å². The fourth-order valence-electron chi connectivity index (χ4n) is 1.64. The lowest BCUT2D eigenvalue weighted by atomic mass is 10.2. The van der Waals surface area contributed by atoms with Gasteiger partial charge in [-0.05, 0) is 6.92 Å². The second kappa shape index (κ2) is 4.13. The van der Waals surface area contributed by atoms with Crippen molar-refractivity contribution in [2.45, 2.75) is 13.0 Å². The monoisotopic (exact) mass is 241 g/mol. The molecule has 6 nitrogen and oxygen atoms in total. The fourth-order valence-corrected chi connectivity index (χ4v) is 1.84. The predicted octanol–water partition coefficient (Wildman–Crippen LogP) is 0.0369. The number of amides is 1. The summed E-state index contributed by atoms with van der Waals surface area (Å²) in [6, 6.07) is -0.305. The van der Waals surface area contributed by atoms with E-state index < -0.39 is 0 Å². The summed E-state index contributed by atoms with van der Waals surface area (Å²) in [5.74, 6) is 0.619. The number of nitrogen functional groups attached to an aromatic ring is 1. The molecule has 7 heteroatoms. The first kappa shape index (κ1) is 10.9. The molecule has 0 radical (unpaired) electrons. The van der Waals surface area contributed by atoms with Crippen molar-refractivity contribution < 1.29 is 4.79 Å². The smallest absolute Gasteiger partial charge is 0.242 e. The highest BCUT2D eigenvalue weighted by Gasteiger charge is 2.28. The van der Waals surface area contributed by atoms with Gasteiger partial charge in [-0.3, -0.25) is 4.79 Å². The van der Waals surface area contributed by atoms with Crippen molar-refractivity contribution in [1.29, 1.82) is 0 Å². The van der Waals surface area contributed by atoms with Gasteiger partial charge in [0.25, 0.3) is 0 Å².